The highest BCUT2D eigenvalue weighted by molar-refractivity contribution is 7.92. The number of sulfone groups is 1. The van der Waals surface area contributed by atoms with Crippen LogP contribution in [0.25, 0.3) is 0 Å². The molecule has 1 rings (SSSR count). The van der Waals surface area contributed by atoms with Crippen molar-refractivity contribution in [1.29, 1.82) is 0 Å². The van der Waals surface area contributed by atoms with E-state index in [0.717, 1.165) is 0 Å². The molecular weight excluding hydrogens is 205 g/mol. The Labute approximate surface area is 75.0 Å². The van der Waals surface area contributed by atoms with Gasteiger partial charge in [0.05, 0.1) is 5.25 Å². The first-order valence-electron chi connectivity index (χ1n) is 3.97. The quantitative estimate of drug-likeness (QED) is 0.671. The van der Waals surface area contributed by atoms with Crippen LogP contribution in [0.1, 0.15) is 25.7 Å². The molecule has 2 nitrogen and oxygen atoms in total. The van der Waals surface area contributed by atoms with Crippen molar-refractivity contribution in [1.82, 2.24) is 0 Å². The van der Waals surface area contributed by atoms with Crippen molar-refractivity contribution in [2.24, 2.45) is 0 Å². The van der Waals surface area contributed by atoms with Gasteiger partial charge in [-0.15, -0.1) is 0 Å². The molecule has 0 unspecified atom stereocenters. The molecule has 0 N–H and O–H groups in total. The van der Waals surface area contributed by atoms with Crippen LogP contribution in [0.15, 0.2) is 0 Å². The Bertz CT molecular complexity index is 262. The molecule has 13 heavy (non-hydrogen) atoms. The standard InChI is InChI=1S/C7H10F3O2S/c8-7(9,10)13(11,12)6-4-2-1-3-5-6/h1,6H,2-5H2. The average molecular weight is 215 g/mol. The lowest BCUT2D eigenvalue weighted by Crippen LogP contribution is -2.35. The van der Waals surface area contributed by atoms with Crippen molar-refractivity contribution in [3.05, 3.63) is 6.42 Å². The fraction of sp³-hybridized carbons (Fsp3) is 0.857. The maximum Gasteiger partial charge on any atom is 0.497 e. The summed E-state index contributed by atoms with van der Waals surface area (Å²) in [7, 11) is -4.92. The monoisotopic (exact) mass is 215 g/mol. The molecule has 1 aliphatic rings. The molecule has 0 aliphatic heterocycles. The van der Waals surface area contributed by atoms with Crippen LogP contribution in [-0.2, 0) is 9.84 Å². The molecule has 1 radical (unpaired) electrons. The Kier molecular flexibility index (Phi) is 2.89. The highest BCUT2D eigenvalue weighted by atomic mass is 32.2. The SMILES string of the molecule is O=S(=O)(C1CC[CH]CC1)C(F)(F)F. The molecule has 0 aromatic rings. The zero-order valence-electron chi connectivity index (χ0n) is 6.84. The lowest BCUT2D eigenvalue weighted by Gasteiger charge is -2.22. The number of halogens is 3. The second-order valence-corrected chi connectivity index (χ2v) is 5.28. The molecule has 1 fully saturated rings. The molecule has 1 saturated carbocycles. The van der Waals surface area contributed by atoms with Crippen molar-refractivity contribution < 1.29 is 21.6 Å². The Morgan fingerprint density at radius 3 is 2.00 bits per heavy atom. The molecule has 1 aliphatic carbocycles. The first kappa shape index (κ1) is 10.8. The second-order valence-electron chi connectivity index (χ2n) is 3.06. The van der Waals surface area contributed by atoms with Gasteiger partial charge in [0, 0.05) is 0 Å². The molecule has 0 amide bonds. The Balaban J connectivity index is 2.80. The van der Waals surface area contributed by atoms with Gasteiger partial charge in [-0.2, -0.15) is 13.2 Å². The van der Waals surface area contributed by atoms with Crippen LogP contribution in [0, 0.1) is 6.42 Å². The summed E-state index contributed by atoms with van der Waals surface area (Å²) in [5, 5.41) is -1.22. The summed E-state index contributed by atoms with van der Waals surface area (Å²) in [6, 6.07) is 0. The van der Waals surface area contributed by atoms with Gasteiger partial charge < -0.3 is 0 Å². The summed E-state index contributed by atoms with van der Waals surface area (Å²) in [6.07, 6.45) is 2.94. The van der Waals surface area contributed by atoms with Crippen LogP contribution in [0.3, 0.4) is 0 Å². The van der Waals surface area contributed by atoms with Crippen molar-refractivity contribution in [3.8, 4) is 0 Å². The van der Waals surface area contributed by atoms with Gasteiger partial charge >= 0.3 is 5.51 Å². The third kappa shape index (κ3) is 2.15. The molecule has 0 saturated heterocycles. The molecular formula is C7H10F3O2S. The first-order chi connectivity index (χ1) is 5.86. The zero-order chi connectivity index (χ0) is 10.1. The van der Waals surface area contributed by atoms with E-state index in [2.05, 4.69) is 0 Å². The minimum atomic E-state index is -5.09. The van der Waals surface area contributed by atoms with Crippen LogP contribution >= 0.6 is 0 Å². The molecule has 0 bridgehead atoms. The smallest absolute Gasteiger partial charge is 0.219 e. The van der Waals surface area contributed by atoms with Crippen molar-refractivity contribution >= 4 is 9.84 Å². The predicted molar refractivity (Wildman–Crippen MR) is 41.5 cm³/mol. The van der Waals surface area contributed by atoms with Crippen LogP contribution in [0.4, 0.5) is 13.2 Å². The van der Waals surface area contributed by atoms with Crippen LogP contribution in [-0.4, -0.2) is 19.2 Å². The van der Waals surface area contributed by atoms with E-state index in [1.807, 2.05) is 6.42 Å². The fourth-order valence-corrected chi connectivity index (χ4v) is 2.67. The van der Waals surface area contributed by atoms with Crippen molar-refractivity contribution in [2.75, 3.05) is 0 Å². The number of hydrogen-bond acceptors (Lipinski definition) is 2. The number of hydrogen-bond donors (Lipinski definition) is 0. The van der Waals surface area contributed by atoms with Crippen LogP contribution in [0.5, 0.6) is 0 Å². The Morgan fingerprint density at radius 2 is 1.62 bits per heavy atom. The summed E-state index contributed by atoms with van der Waals surface area (Å²) in [4.78, 5) is 0. The third-order valence-corrected chi connectivity index (χ3v) is 4.14. The summed E-state index contributed by atoms with van der Waals surface area (Å²) in [6.45, 7) is 0. The maximum atomic E-state index is 12.0. The predicted octanol–water partition coefficient (Wildman–Crippen LogP) is 2.07. The normalized spacial score (nSPS) is 21.8. The molecule has 0 atom stereocenters. The van der Waals surface area contributed by atoms with Crippen LogP contribution < -0.4 is 0 Å². The zero-order valence-corrected chi connectivity index (χ0v) is 7.66. The van der Waals surface area contributed by atoms with E-state index in [0.29, 0.717) is 12.8 Å². The first-order valence-corrected chi connectivity index (χ1v) is 5.52. The minimum Gasteiger partial charge on any atom is -0.219 e. The molecule has 0 heterocycles. The molecule has 0 aromatic carbocycles. The summed E-state index contributed by atoms with van der Waals surface area (Å²) < 4.78 is 57.8. The van der Waals surface area contributed by atoms with E-state index in [9.17, 15) is 21.6 Å². The van der Waals surface area contributed by atoms with E-state index < -0.39 is 20.6 Å². The number of rotatable bonds is 1. The fourth-order valence-electron chi connectivity index (χ4n) is 1.40. The summed E-state index contributed by atoms with van der Waals surface area (Å²) in [5.74, 6) is 0. The Morgan fingerprint density at radius 1 is 1.15 bits per heavy atom. The van der Waals surface area contributed by atoms with Gasteiger partial charge in [0.15, 0.2) is 0 Å². The van der Waals surface area contributed by atoms with Gasteiger partial charge in [-0.05, 0) is 32.1 Å². The maximum absolute atomic E-state index is 12.0. The van der Waals surface area contributed by atoms with Gasteiger partial charge in [-0.1, -0.05) is 0 Å². The van der Waals surface area contributed by atoms with E-state index in [4.69, 9.17) is 0 Å². The number of alkyl halides is 3. The highest BCUT2D eigenvalue weighted by Gasteiger charge is 2.50. The third-order valence-electron chi connectivity index (χ3n) is 2.15. The second kappa shape index (κ2) is 3.48. The van der Waals surface area contributed by atoms with Gasteiger partial charge in [0.2, 0.25) is 0 Å². The van der Waals surface area contributed by atoms with E-state index in [1.54, 1.807) is 0 Å². The van der Waals surface area contributed by atoms with Crippen LogP contribution in [0.2, 0.25) is 0 Å². The largest absolute Gasteiger partial charge is 0.497 e. The molecule has 0 spiro atoms. The molecule has 77 valence electrons. The Hall–Kier alpha value is -0.260. The lowest BCUT2D eigenvalue weighted by atomic mass is 10.0. The van der Waals surface area contributed by atoms with Gasteiger partial charge in [-0.25, -0.2) is 8.42 Å². The topological polar surface area (TPSA) is 34.1 Å². The van der Waals surface area contributed by atoms with E-state index >= 15 is 0 Å². The van der Waals surface area contributed by atoms with Crippen molar-refractivity contribution in [3.63, 3.8) is 0 Å². The summed E-state index contributed by atoms with van der Waals surface area (Å²) in [5.41, 5.74) is -5.09. The van der Waals surface area contributed by atoms with Crippen molar-refractivity contribution in [2.45, 2.75) is 36.4 Å². The van der Waals surface area contributed by atoms with Gasteiger partial charge in [0.25, 0.3) is 9.84 Å². The average Bonchev–Trinajstić information content (AvgIpc) is 2.04. The minimum absolute atomic E-state index is 0.0991. The van der Waals surface area contributed by atoms with Gasteiger partial charge in [-0.3, -0.25) is 0 Å². The molecule has 0 aromatic heterocycles. The lowest BCUT2D eigenvalue weighted by molar-refractivity contribution is -0.0447. The summed E-state index contributed by atoms with van der Waals surface area (Å²) >= 11 is 0. The van der Waals surface area contributed by atoms with E-state index in [1.165, 1.54) is 0 Å². The van der Waals surface area contributed by atoms with Gasteiger partial charge in [0.1, 0.15) is 0 Å². The highest BCUT2D eigenvalue weighted by Crippen LogP contribution is 2.33. The van der Waals surface area contributed by atoms with E-state index in [-0.39, 0.29) is 12.8 Å². The molecule has 6 heteroatoms.